The first-order valence-corrected chi connectivity index (χ1v) is 5.07. The number of nitrogens with two attached hydrogens (primary N) is 1. The van der Waals surface area contributed by atoms with E-state index in [1.54, 1.807) is 0 Å². The predicted octanol–water partition coefficient (Wildman–Crippen LogP) is 0.404. The van der Waals surface area contributed by atoms with Crippen molar-refractivity contribution in [3.63, 3.8) is 0 Å². The largest absolute Gasteiger partial charge is 0.365 e. The lowest BCUT2D eigenvalue weighted by atomic mass is 9.80. The van der Waals surface area contributed by atoms with Crippen molar-refractivity contribution >= 4 is 0 Å². The first kappa shape index (κ1) is 11.9. The van der Waals surface area contributed by atoms with E-state index in [0.29, 0.717) is 6.54 Å². The van der Waals surface area contributed by atoms with Gasteiger partial charge in [0.25, 0.3) is 0 Å². The van der Waals surface area contributed by atoms with Gasteiger partial charge in [-0.2, -0.15) is 0 Å². The average Bonchev–Trinajstić information content (AvgIpc) is 2.62. The van der Waals surface area contributed by atoms with Crippen LogP contribution < -0.4 is 11.1 Å². The topological polar surface area (TPSA) is 70.8 Å². The van der Waals surface area contributed by atoms with Crippen molar-refractivity contribution in [2.45, 2.75) is 52.2 Å². The van der Waals surface area contributed by atoms with Crippen LogP contribution in [0.15, 0.2) is 0 Å². The van der Waals surface area contributed by atoms with E-state index >= 15 is 0 Å². The van der Waals surface area contributed by atoms with E-state index in [1.807, 2.05) is 0 Å². The van der Waals surface area contributed by atoms with Gasteiger partial charge in [0.2, 0.25) is 0 Å². The van der Waals surface area contributed by atoms with Crippen LogP contribution in [0.4, 0.5) is 0 Å². The van der Waals surface area contributed by atoms with E-state index in [2.05, 4.69) is 33.0 Å². The second kappa shape index (κ2) is 3.77. The van der Waals surface area contributed by atoms with Crippen LogP contribution in [-0.4, -0.2) is 29.7 Å². The molecule has 1 fully saturated rings. The van der Waals surface area contributed by atoms with E-state index in [0.717, 1.165) is 6.42 Å². The molecular weight excluding hydrogens is 180 g/mol. The maximum Gasteiger partial charge on any atom is 0.197 e. The van der Waals surface area contributed by atoms with E-state index in [1.165, 1.54) is 0 Å². The standard InChI is InChI=1S/C10H22N2O2/c1-9(2,6-11)5-10(3,4)12-7-8(13)14-7/h7-8,12-13H,5-6,11H2,1-4H3. The molecule has 1 rings (SSSR count). The molecule has 1 aliphatic heterocycles. The summed E-state index contributed by atoms with van der Waals surface area (Å²) in [7, 11) is 0. The summed E-state index contributed by atoms with van der Waals surface area (Å²) in [6, 6.07) is 0. The monoisotopic (exact) mass is 202 g/mol. The Balaban J connectivity index is 2.40. The van der Waals surface area contributed by atoms with Crippen LogP contribution in [0.25, 0.3) is 0 Å². The summed E-state index contributed by atoms with van der Waals surface area (Å²) in [5.74, 6) is 0. The molecule has 1 saturated heterocycles. The van der Waals surface area contributed by atoms with Crippen LogP contribution in [0, 0.1) is 5.41 Å². The Morgan fingerprint density at radius 3 is 2.21 bits per heavy atom. The Morgan fingerprint density at radius 2 is 1.86 bits per heavy atom. The molecule has 0 spiro atoms. The maximum absolute atomic E-state index is 9.04. The zero-order chi connectivity index (χ0) is 11.0. The van der Waals surface area contributed by atoms with Crippen molar-refractivity contribution in [3.8, 4) is 0 Å². The van der Waals surface area contributed by atoms with Crippen LogP contribution in [0.1, 0.15) is 34.1 Å². The number of rotatable bonds is 5. The minimum Gasteiger partial charge on any atom is -0.365 e. The van der Waals surface area contributed by atoms with Gasteiger partial charge < -0.3 is 15.6 Å². The number of aliphatic hydroxyl groups is 1. The molecule has 0 aromatic carbocycles. The third-order valence-electron chi connectivity index (χ3n) is 2.47. The highest BCUT2D eigenvalue weighted by atomic mass is 16.7. The van der Waals surface area contributed by atoms with Crippen LogP contribution in [0.3, 0.4) is 0 Å². The highest BCUT2D eigenvalue weighted by molar-refractivity contribution is 4.89. The summed E-state index contributed by atoms with van der Waals surface area (Å²) < 4.78 is 4.91. The van der Waals surface area contributed by atoms with Crippen LogP contribution in [-0.2, 0) is 4.74 Å². The third kappa shape index (κ3) is 3.53. The van der Waals surface area contributed by atoms with E-state index < -0.39 is 6.29 Å². The predicted molar refractivity (Wildman–Crippen MR) is 55.5 cm³/mol. The quantitative estimate of drug-likeness (QED) is 0.564. The molecular formula is C10H22N2O2. The molecule has 0 amide bonds. The van der Waals surface area contributed by atoms with Crippen molar-refractivity contribution in [2.75, 3.05) is 6.54 Å². The Hall–Kier alpha value is -0.160. The number of hydrogen-bond acceptors (Lipinski definition) is 4. The van der Waals surface area contributed by atoms with E-state index in [-0.39, 0.29) is 17.2 Å². The molecule has 4 N–H and O–H groups in total. The van der Waals surface area contributed by atoms with Gasteiger partial charge in [0.15, 0.2) is 12.5 Å². The van der Waals surface area contributed by atoms with Crippen molar-refractivity contribution in [3.05, 3.63) is 0 Å². The van der Waals surface area contributed by atoms with Crippen molar-refractivity contribution < 1.29 is 9.84 Å². The molecule has 2 atom stereocenters. The maximum atomic E-state index is 9.04. The van der Waals surface area contributed by atoms with Crippen LogP contribution in [0.5, 0.6) is 0 Å². The molecule has 4 heteroatoms. The number of aliphatic hydroxyl groups excluding tert-OH is 1. The smallest absolute Gasteiger partial charge is 0.197 e. The Kier molecular flexibility index (Phi) is 3.21. The molecule has 0 aromatic rings. The summed E-state index contributed by atoms with van der Waals surface area (Å²) >= 11 is 0. The van der Waals surface area contributed by atoms with Crippen LogP contribution in [0.2, 0.25) is 0 Å². The fourth-order valence-corrected chi connectivity index (χ4v) is 1.91. The lowest BCUT2D eigenvalue weighted by molar-refractivity contribution is 0.155. The van der Waals surface area contributed by atoms with E-state index in [4.69, 9.17) is 15.6 Å². The minimum absolute atomic E-state index is 0.0645. The summed E-state index contributed by atoms with van der Waals surface area (Å²) in [5.41, 5.74) is 5.72. The molecule has 0 bridgehead atoms. The van der Waals surface area contributed by atoms with Crippen molar-refractivity contribution in [1.29, 1.82) is 0 Å². The molecule has 0 aromatic heterocycles. The summed E-state index contributed by atoms with van der Waals surface area (Å²) in [6.45, 7) is 9.13. The lowest BCUT2D eigenvalue weighted by Crippen LogP contribution is -2.46. The molecule has 0 aliphatic carbocycles. The normalized spacial score (nSPS) is 27.9. The van der Waals surface area contributed by atoms with Gasteiger partial charge >= 0.3 is 0 Å². The number of nitrogens with one attached hydrogen (secondary N) is 1. The first-order chi connectivity index (χ1) is 6.26. The van der Waals surface area contributed by atoms with Gasteiger partial charge in [-0.1, -0.05) is 13.8 Å². The van der Waals surface area contributed by atoms with Gasteiger partial charge in [-0.05, 0) is 32.2 Å². The molecule has 1 heterocycles. The number of epoxide rings is 1. The Bertz CT molecular complexity index is 204. The second-order valence-electron chi connectivity index (χ2n) is 5.52. The molecule has 2 unspecified atom stereocenters. The fraction of sp³-hybridized carbons (Fsp3) is 1.00. The summed E-state index contributed by atoms with van der Waals surface area (Å²) in [6.07, 6.45) is 0.122. The SMILES string of the molecule is CC(C)(CN)CC(C)(C)NC1OC1O. The van der Waals surface area contributed by atoms with Gasteiger partial charge in [-0.3, -0.25) is 5.32 Å². The van der Waals surface area contributed by atoms with Gasteiger partial charge in [-0.25, -0.2) is 0 Å². The second-order valence-corrected chi connectivity index (χ2v) is 5.52. The van der Waals surface area contributed by atoms with Crippen molar-refractivity contribution in [1.82, 2.24) is 5.32 Å². The highest BCUT2D eigenvalue weighted by Crippen LogP contribution is 2.29. The number of ether oxygens (including phenoxy) is 1. The zero-order valence-electron chi connectivity index (χ0n) is 9.50. The van der Waals surface area contributed by atoms with E-state index in [9.17, 15) is 0 Å². The Labute approximate surface area is 85.8 Å². The zero-order valence-corrected chi connectivity index (χ0v) is 9.50. The third-order valence-corrected chi connectivity index (χ3v) is 2.47. The van der Waals surface area contributed by atoms with Gasteiger partial charge in [0, 0.05) is 5.54 Å². The minimum atomic E-state index is -0.629. The van der Waals surface area contributed by atoms with Crippen molar-refractivity contribution in [2.24, 2.45) is 11.1 Å². The first-order valence-electron chi connectivity index (χ1n) is 5.07. The average molecular weight is 202 g/mol. The van der Waals surface area contributed by atoms with Gasteiger partial charge in [0.05, 0.1) is 0 Å². The lowest BCUT2D eigenvalue weighted by Gasteiger charge is -2.34. The summed E-state index contributed by atoms with van der Waals surface area (Å²) in [5, 5.41) is 12.3. The number of hydrogen-bond donors (Lipinski definition) is 3. The fourth-order valence-electron chi connectivity index (χ4n) is 1.91. The van der Waals surface area contributed by atoms with Crippen LogP contribution >= 0.6 is 0 Å². The molecule has 1 aliphatic rings. The highest BCUT2D eigenvalue weighted by Gasteiger charge is 2.41. The molecule has 0 radical (unpaired) electrons. The van der Waals surface area contributed by atoms with Gasteiger partial charge in [0.1, 0.15) is 0 Å². The van der Waals surface area contributed by atoms with Gasteiger partial charge in [-0.15, -0.1) is 0 Å². The molecule has 14 heavy (non-hydrogen) atoms. The Morgan fingerprint density at radius 1 is 1.36 bits per heavy atom. The summed E-state index contributed by atoms with van der Waals surface area (Å²) in [4.78, 5) is 0. The molecule has 0 saturated carbocycles. The molecule has 84 valence electrons. The molecule has 4 nitrogen and oxygen atoms in total.